The van der Waals surface area contributed by atoms with Gasteiger partial charge in [0.25, 0.3) is 0 Å². The topological polar surface area (TPSA) is 21.3 Å². The van der Waals surface area contributed by atoms with Crippen LogP contribution in [-0.4, -0.2) is 24.8 Å². The van der Waals surface area contributed by atoms with Gasteiger partial charge in [-0.05, 0) is 74.5 Å². The van der Waals surface area contributed by atoms with Gasteiger partial charge in [-0.2, -0.15) is 0 Å². The molecule has 2 nitrogen and oxygen atoms in total. The van der Waals surface area contributed by atoms with E-state index in [9.17, 15) is 0 Å². The van der Waals surface area contributed by atoms with Crippen molar-refractivity contribution >= 4 is 0 Å². The van der Waals surface area contributed by atoms with E-state index in [0.29, 0.717) is 11.5 Å². The zero-order valence-corrected chi connectivity index (χ0v) is 12.7. The van der Waals surface area contributed by atoms with E-state index in [-0.39, 0.29) is 5.60 Å². The second-order valence-corrected chi connectivity index (χ2v) is 8.91. The van der Waals surface area contributed by atoms with Crippen LogP contribution in [-0.2, 0) is 4.74 Å². The Bertz CT molecular complexity index is 363. The summed E-state index contributed by atoms with van der Waals surface area (Å²) in [5.74, 6) is 3.14. The standard InChI is InChI=1S/C18H29NO/c1-2-4-18(3-1)12-19-11-16(20-18)17-8-13-5-14(9-17)7-15(6-13)10-17/h13-16,19H,1-12H2. The number of hydrogen-bond acceptors (Lipinski definition) is 2. The summed E-state index contributed by atoms with van der Waals surface area (Å²) in [6.07, 6.45) is 15.0. The summed E-state index contributed by atoms with van der Waals surface area (Å²) < 4.78 is 6.86. The van der Waals surface area contributed by atoms with Crippen LogP contribution in [0.25, 0.3) is 0 Å². The third-order valence-electron chi connectivity index (χ3n) is 7.45. The highest BCUT2D eigenvalue weighted by Gasteiger charge is 2.56. The summed E-state index contributed by atoms with van der Waals surface area (Å²) in [6.45, 7) is 2.25. The van der Waals surface area contributed by atoms with Gasteiger partial charge < -0.3 is 10.1 Å². The van der Waals surface area contributed by atoms with E-state index in [0.717, 1.165) is 30.8 Å². The van der Waals surface area contributed by atoms with Crippen LogP contribution in [0.1, 0.15) is 64.2 Å². The lowest BCUT2D eigenvalue weighted by molar-refractivity contribution is -0.202. The van der Waals surface area contributed by atoms with Crippen molar-refractivity contribution < 1.29 is 4.74 Å². The zero-order chi connectivity index (χ0) is 13.2. The van der Waals surface area contributed by atoms with Crippen LogP contribution in [0.5, 0.6) is 0 Å². The molecule has 1 aliphatic heterocycles. The first kappa shape index (κ1) is 12.5. The molecule has 112 valence electrons. The molecule has 20 heavy (non-hydrogen) atoms. The fourth-order valence-corrected chi connectivity index (χ4v) is 7.04. The molecule has 4 bridgehead atoms. The smallest absolute Gasteiger partial charge is 0.0811 e. The second kappa shape index (κ2) is 4.23. The van der Waals surface area contributed by atoms with Crippen molar-refractivity contribution in [1.29, 1.82) is 0 Å². The Morgan fingerprint density at radius 2 is 1.45 bits per heavy atom. The van der Waals surface area contributed by atoms with Crippen LogP contribution in [0.15, 0.2) is 0 Å². The Morgan fingerprint density at radius 3 is 2.05 bits per heavy atom. The van der Waals surface area contributed by atoms with Crippen LogP contribution < -0.4 is 5.32 Å². The molecule has 2 heteroatoms. The van der Waals surface area contributed by atoms with Crippen molar-refractivity contribution in [3.05, 3.63) is 0 Å². The molecule has 5 saturated carbocycles. The quantitative estimate of drug-likeness (QED) is 0.791. The number of hydrogen-bond donors (Lipinski definition) is 1. The summed E-state index contributed by atoms with van der Waals surface area (Å²) in [7, 11) is 0. The van der Waals surface area contributed by atoms with E-state index in [2.05, 4.69) is 5.32 Å². The largest absolute Gasteiger partial charge is 0.369 e. The Hall–Kier alpha value is -0.0800. The minimum Gasteiger partial charge on any atom is -0.369 e. The summed E-state index contributed by atoms with van der Waals surface area (Å²) in [5, 5.41) is 3.77. The monoisotopic (exact) mass is 275 g/mol. The van der Waals surface area contributed by atoms with Crippen molar-refractivity contribution in [3.63, 3.8) is 0 Å². The van der Waals surface area contributed by atoms with Gasteiger partial charge >= 0.3 is 0 Å². The average Bonchev–Trinajstić information content (AvgIpc) is 2.85. The van der Waals surface area contributed by atoms with Crippen LogP contribution in [0, 0.1) is 23.2 Å². The maximum Gasteiger partial charge on any atom is 0.0811 e. The molecule has 5 aliphatic carbocycles. The number of nitrogens with one attached hydrogen (secondary N) is 1. The second-order valence-electron chi connectivity index (χ2n) is 8.91. The molecule has 1 unspecified atom stereocenters. The van der Waals surface area contributed by atoms with Gasteiger partial charge in [0.1, 0.15) is 0 Å². The summed E-state index contributed by atoms with van der Waals surface area (Å²) in [4.78, 5) is 0. The van der Waals surface area contributed by atoms with Gasteiger partial charge in [-0.15, -0.1) is 0 Å². The first-order chi connectivity index (χ1) is 9.75. The average molecular weight is 275 g/mol. The summed E-state index contributed by atoms with van der Waals surface area (Å²) in [5.41, 5.74) is 0.796. The molecule has 1 spiro atoms. The van der Waals surface area contributed by atoms with Gasteiger partial charge in [0.15, 0.2) is 0 Å². The van der Waals surface area contributed by atoms with Crippen LogP contribution in [0.2, 0.25) is 0 Å². The molecule has 1 N–H and O–H groups in total. The Labute approximate surface area is 123 Å². The van der Waals surface area contributed by atoms with Crippen LogP contribution in [0.4, 0.5) is 0 Å². The highest BCUT2D eigenvalue weighted by Crippen LogP contribution is 2.62. The predicted octanol–water partition coefficient (Wildman–Crippen LogP) is 3.50. The van der Waals surface area contributed by atoms with Crippen molar-refractivity contribution in [2.75, 3.05) is 13.1 Å². The molecular weight excluding hydrogens is 246 g/mol. The maximum atomic E-state index is 6.86. The van der Waals surface area contributed by atoms with Gasteiger partial charge in [0, 0.05) is 13.1 Å². The van der Waals surface area contributed by atoms with Crippen LogP contribution >= 0.6 is 0 Å². The van der Waals surface area contributed by atoms with E-state index < -0.39 is 0 Å². The molecular formula is C18H29NO. The van der Waals surface area contributed by atoms with E-state index in [4.69, 9.17) is 4.74 Å². The molecule has 6 aliphatic rings. The number of rotatable bonds is 1. The number of ether oxygens (including phenoxy) is 1. The molecule has 0 aromatic heterocycles. The normalized spacial score (nSPS) is 52.8. The first-order valence-corrected chi connectivity index (χ1v) is 9.14. The first-order valence-electron chi connectivity index (χ1n) is 9.14. The zero-order valence-electron chi connectivity index (χ0n) is 12.7. The minimum atomic E-state index is 0.228. The van der Waals surface area contributed by atoms with Crippen molar-refractivity contribution in [2.24, 2.45) is 23.2 Å². The molecule has 1 atom stereocenters. The minimum absolute atomic E-state index is 0.228. The maximum absolute atomic E-state index is 6.86. The van der Waals surface area contributed by atoms with E-state index in [1.165, 1.54) is 44.9 Å². The molecule has 1 heterocycles. The van der Waals surface area contributed by atoms with E-state index in [1.807, 2.05) is 0 Å². The molecule has 0 amide bonds. The Morgan fingerprint density at radius 1 is 0.850 bits per heavy atom. The van der Waals surface area contributed by atoms with E-state index >= 15 is 0 Å². The van der Waals surface area contributed by atoms with Gasteiger partial charge in [-0.3, -0.25) is 0 Å². The Kier molecular flexibility index (Phi) is 2.63. The summed E-state index contributed by atoms with van der Waals surface area (Å²) in [6, 6.07) is 0. The lowest BCUT2D eigenvalue weighted by Gasteiger charge is -2.61. The Balaban J connectivity index is 1.41. The highest BCUT2D eigenvalue weighted by atomic mass is 16.5. The van der Waals surface area contributed by atoms with Gasteiger partial charge in [0.05, 0.1) is 11.7 Å². The predicted molar refractivity (Wildman–Crippen MR) is 79.5 cm³/mol. The molecule has 0 aromatic rings. The van der Waals surface area contributed by atoms with Crippen molar-refractivity contribution in [2.45, 2.75) is 75.9 Å². The van der Waals surface area contributed by atoms with Crippen molar-refractivity contribution in [3.8, 4) is 0 Å². The molecule has 6 fully saturated rings. The van der Waals surface area contributed by atoms with Gasteiger partial charge in [-0.25, -0.2) is 0 Å². The van der Waals surface area contributed by atoms with Crippen LogP contribution in [0.3, 0.4) is 0 Å². The molecule has 0 radical (unpaired) electrons. The molecule has 1 saturated heterocycles. The summed E-state index contributed by atoms with van der Waals surface area (Å²) >= 11 is 0. The van der Waals surface area contributed by atoms with Gasteiger partial charge in [0.2, 0.25) is 0 Å². The van der Waals surface area contributed by atoms with E-state index in [1.54, 1.807) is 19.3 Å². The highest BCUT2D eigenvalue weighted by molar-refractivity contribution is 5.07. The molecule has 0 aromatic carbocycles. The van der Waals surface area contributed by atoms with Crippen molar-refractivity contribution in [1.82, 2.24) is 5.32 Å². The lowest BCUT2D eigenvalue weighted by atomic mass is 9.48. The number of morpholine rings is 1. The van der Waals surface area contributed by atoms with Gasteiger partial charge in [-0.1, -0.05) is 12.8 Å². The third kappa shape index (κ3) is 1.76. The fraction of sp³-hybridized carbons (Fsp3) is 1.00. The molecule has 6 rings (SSSR count). The lowest BCUT2D eigenvalue weighted by Crippen LogP contribution is -2.61. The fourth-order valence-electron chi connectivity index (χ4n) is 7.04. The SMILES string of the molecule is C1CCC2(C1)CNCC(C13CC4CC(CC(C4)C1)C3)O2. The third-order valence-corrected chi connectivity index (χ3v) is 7.45.